The number of hydrogen-bond acceptors (Lipinski definition) is 4. The second-order valence-corrected chi connectivity index (χ2v) is 7.90. The standard InChI is InChI=1S/C14H17N3O4S/c15-13(18)9-1-3-11(4-2-9)16-14(19)10-7-17(8-10)22(20,21)12-5-6-12/h1-4,10,12H,5-8H2,(H2,15,18)(H,16,19). The van der Waals surface area contributed by atoms with Gasteiger partial charge in [-0.3, -0.25) is 9.59 Å². The molecule has 118 valence electrons. The van der Waals surface area contributed by atoms with E-state index in [0.29, 0.717) is 11.3 Å². The van der Waals surface area contributed by atoms with Crippen LogP contribution in [-0.2, 0) is 14.8 Å². The summed E-state index contributed by atoms with van der Waals surface area (Å²) in [6, 6.07) is 6.25. The van der Waals surface area contributed by atoms with E-state index in [9.17, 15) is 18.0 Å². The van der Waals surface area contributed by atoms with Crippen molar-refractivity contribution in [3.63, 3.8) is 0 Å². The van der Waals surface area contributed by atoms with Crippen molar-refractivity contribution in [2.75, 3.05) is 18.4 Å². The lowest BCUT2D eigenvalue weighted by Gasteiger charge is -2.37. The lowest BCUT2D eigenvalue weighted by atomic mass is 10.0. The molecule has 7 nitrogen and oxygen atoms in total. The van der Waals surface area contributed by atoms with Gasteiger partial charge in [-0.1, -0.05) is 0 Å². The summed E-state index contributed by atoms with van der Waals surface area (Å²) in [4.78, 5) is 23.0. The summed E-state index contributed by atoms with van der Waals surface area (Å²) < 4.78 is 25.3. The van der Waals surface area contributed by atoms with Gasteiger partial charge in [-0.15, -0.1) is 0 Å². The summed E-state index contributed by atoms with van der Waals surface area (Å²) in [6.45, 7) is 0.480. The predicted molar refractivity (Wildman–Crippen MR) is 80.6 cm³/mol. The summed E-state index contributed by atoms with van der Waals surface area (Å²) in [5, 5.41) is 2.48. The number of primary amides is 1. The minimum Gasteiger partial charge on any atom is -0.366 e. The van der Waals surface area contributed by atoms with Crippen molar-refractivity contribution >= 4 is 27.5 Å². The van der Waals surface area contributed by atoms with Crippen molar-refractivity contribution in [3.8, 4) is 0 Å². The van der Waals surface area contributed by atoms with E-state index in [-0.39, 0.29) is 30.2 Å². The first kappa shape index (κ1) is 15.0. The summed E-state index contributed by atoms with van der Waals surface area (Å²) in [6.07, 6.45) is 1.45. The quantitative estimate of drug-likeness (QED) is 0.803. The number of nitrogens with one attached hydrogen (secondary N) is 1. The first-order chi connectivity index (χ1) is 10.4. The van der Waals surface area contributed by atoms with E-state index < -0.39 is 15.9 Å². The normalized spacial score (nSPS) is 19.5. The highest BCUT2D eigenvalue weighted by Crippen LogP contribution is 2.34. The van der Waals surface area contributed by atoms with Crippen LogP contribution in [0.15, 0.2) is 24.3 Å². The average molecular weight is 323 g/mol. The fraction of sp³-hybridized carbons (Fsp3) is 0.429. The third-order valence-corrected chi connectivity index (χ3v) is 6.29. The second kappa shape index (κ2) is 5.36. The topological polar surface area (TPSA) is 110 Å². The first-order valence-electron chi connectivity index (χ1n) is 7.07. The van der Waals surface area contributed by atoms with Gasteiger partial charge < -0.3 is 11.1 Å². The Balaban J connectivity index is 1.54. The molecule has 2 aliphatic rings. The van der Waals surface area contributed by atoms with Crippen molar-refractivity contribution in [2.24, 2.45) is 11.7 Å². The SMILES string of the molecule is NC(=O)c1ccc(NC(=O)C2CN(S(=O)(=O)C3CC3)C2)cc1. The predicted octanol–water partition coefficient (Wildman–Crippen LogP) is 0.148. The van der Waals surface area contributed by atoms with Gasteiger partial charge in [0, 0.05) is 24.3 Å². The number of carbonyl (C=O) groups excluding carboxylic acids is 2. The average Bonchev–Trinajstić information content (AvgIpc) is 3.21. The highest BCUT2D eigenvalue weighted by Gasteiger charge is 2.46. The lowest BCUT2D eigenvalue weighted by molar-refractivity contribution is -0.122. The zero-order chi connectivity index (χ0) is 15.9. The van der Waals surface area contributed by atoms with Gasteiger partial charge in [0.15, 0.2) is 0 Å². The highest BCUT2D eigenvalue weighted by atomic mass is 32.2. The van der Waals surface area contributed by atoms with Crippen LogP contribution in [0.5, 0.6) is 0 Å². The fourth-order valence-electron chi connectivity index (χ4n) is 2.35. The maximum atomic E-state index is 12.0. The molecule has 0 bridgehead atoms. The largest absolute Gasteiger partial charge is 0.366 e. The molecule has 3 N–H and O–H groups in total. The monoisotopic (exact) mass is 323 g/mol. The van der Waals surface area contributed by atoms with Crippen LogP contribution in [-0.4, -0.2) is 42.9 Å². The summed E-state index contributed by atoms with van der Waals surface area (Å²) in [5.41, 5.74) is 6.06. The van der Waals surface area contributed by atoms with Gasteiger partial charge in [-0.05, 0) is 37.1 Å². The maximum Gasteiger partial charge on any atom is 0.248 e. The molecule has 0 aromatic heterocycles. The number of amides is 2. The number of rotatable bonds is 5. The van der Waals surface area contributed by atoms with Crippen molar-refractivity contribution in [1.29, 1.82) is 0 Å². The molecule has 1 aliphatic carbocycles. The van der Waals surface area contributed by atoms with Gasteiger partial charge in [0.05, 0.1) is 11.2 Å². The molecule has 22 heavy (non-hydrogen) atoms. The van der Waals surface area contributed by atoms with Crippen LogP contribution < -0.4 is 11.1 Å². The smallest absolute Gasteiger partial charge is 0.248 e. The van der Waals surface area contributed by atoms with E-state index in [1.165, 1.54) is 16.4 Å². The maximum absolute atomic E-state index is 12.0. The fourth-order valence-corrected chi connectivity index (χ4v) is 4.28. The number of nitrogens with zero attached hydrogens (tertiary/aromatic N) is 1. The van der Waals surface area contributed by atoms with Crippen LogP contribution in [0.1, 0.15) is 23.2 Å². The molecule has 1 saturated heterocycles. The third-order valence-electron chi connectivity index (χ3n) is 3.96. The molecular formula is C14H17N3O4S. The summed E-state index contributed by atoms with van der Waals surface area (Å²) in [5.74, 6) is -1.07. The van der Waals surface area contributed by atoms with Gasteiger partial charge in [-0.25, -0.2) is 8.42 Å². The van der Waals surface area contributed by atoms with Crippen LogP contribution in [0.25, 0.3) is 0 Å². The molecule has 1 heterocycles. The Hall–Kier alpha value is -1.93. The Morgan fingerprint density at radius 3 is 2.23 bits per heavy atom. The molecule has 2 fully saturated rings. The Bertz CT molecular complexity index is 704. The van der Waals surface area contributed by atoms with E-state index in [2.05, 4.69) is 5.32 Å². The molecule has 3 rings (SSSR count). The zero-order valence-corrected chi connectivity index (χ0v) is 12.7. The lowest BCUT2D eigenvalue weighted by Crippen LogP contribution is -2.55. The second-order valence-electron chi connectivity index (χ2n) is 5.69. The van der Waals surface area contributed by atoms with Gasteiger partial charge in [0.2, 0.25) is 21.8 Å². The van der Waals surface area contributed by atoms with Gasteiger partial charge in [0.1, 0.15) is 0 Å². The Morgan fingerprint density at radius 1 is 1.14 bits per heavy atom. The van der Waals surface area contributed by atoms with Crippen LogP contribution in [0.3, 0.4) is 0 Å². The molecule has 0 unspecified atom stereocenters. The number of nitrogens with two attached hydrogens (primary N) is 1. The summed E-state index contributed by atoms with van der Waals surface area (Å²) >= 11 is 0. The van der Waals surface area contributed by atoms with Crippen LogP contribution in [0, 0.1) is 5.92 Å². The van der Waals surface area contributed by atoms with Gasteiger partial charge in [0.25, 0.3) is 0 Å². The molecule has 1 saturated carbocycles. The minimum atomic E-state index is -3.18. The Kier molecular flexibility index (Phi) is 3.65. The van der Waals surface area contributed by atoms with Crippen LogP contribution in [0.4, 0.5) is 5.69 Å². The van der Waals surface area contributed by atoms with E-state index in [1.807, 2.05) is 0 Å². The molecule has 1 aliphatic heterocycles. The number of carbonyl (C=O) groups is 2. The molecule has 0 spiro atoms. The molecule has 8 heteroatoms. The van der Waals surface area contributed by atoms with E-state index >= 15 is 0 Å². The zero-order valence-electron chi connectivity index (χ0n) is 11.9. The van der Waals surface area contributed by atoms with E-state index in [4.69, 9.17) is 5.73 Å². The van der Waals surface area contributed by atoms with Gasteiger partial charge >= 0.3 is 0 Å². The summed E-state index contributed by atoms with van der Waals surface area (Å²) in [7, 11) is -3.18. The number of hydrogen-bond donors (Lipinski definition) is 2. The molecule has 0 atom stereocenters. The van der Waals surface area contributed by atoms with Crippen molar-refractivity contribution in [1.82, 2.24) is 4.31 Å². The third kappa shape index (κ3) is 2.84. The van der Waals surface area contributed by atoms with Crippen molar-refractivity contribution < 1.29 is 18.0 Å². The molecule has 1 aromatic carbocycles. The van der Waals surface area contributed by atoms with Crippen molar-refractivity contribution in [2.45, 2.75) is 18.1 Å². The minimum absolute atomic E-state index is 0.214. The Morgan fingerprint density at radius 2 is 1.73 bits per heavy atom. The number of anilines is 1. The first-order valence-corrected chi connectivity index (χ1v) is 8.58. The van der Waals surface area contributed by atoms with E-state index in [0.717, 1.165) is 12.8 Å². The number of benzene rings is 1. The molecular weight excluding hydrogens is 306 g/mol. The van der Waals surface area contributed by atoms with E-state index in [1.54, 1.807) is 12.1 Å². The molecule has 0 radical (unpaired) electrons. The highest BCUT2D eigenvalue weighted by molar-refractivity contribution is 7.90. The molecule has 2 amide bonds. The molecule has 1 aromatic rings. The Labute approximate surface area is 128 Å². The van der Waals surface area contributed by atoms with Crippen LogP contribution >= 0.6 is 0 Å². The van der Waals surface area contributed by atoms with Crippen LogP contribution in [0.2, 0.25) is 0 Å². The number of sulfonamides is 1. The van der Waals surface area contributed by atoms with Gasteiger partial charge in [-0.2, -0.15) is 4.31 Å². The van der Waals surface area contributed by atoms with Crippen molar-refractivity contribution in [3.05, 3.63) is 29.8 Å².